The fourth-order valence-corrected chi connectivity index (χ4v) is 2.64. The van der Waals surface area contributed by atoms with Gasteiger partial charge in [0.1, 0.15) is 5.82 Å². The lowest BCUT2D eigenvalue weighted by molar-refractivity contribution is 0.357. The van der Waals surface area contributed by atoms with Crippen molar-refractivity contribution in [3.8, 4) is 0 Å². The van der Waals surface area contributed by atoms with Crippen LogP contribution in [0.4, 0.5) is 4.39 Å². The highest BCUT2D eigenvalue weighted by Crippen LogP contribution is 2.21. The average molecular weight is 298 g/mol. The summed E-state index contributed by atoms with van der Waals surface area (Å²) in [5.74, 6) is 0.570. The van der Waals surface area contributed by atoms with Gasteiger partial charge in [0.15, 0.2) is 0 Å². The third kappa shape index (κ3) is 3.65. The second kappa shape index (κ2) is 5.78. The van der Waals surface area contributed by atoms with Gasteiger partial charge in [-0.3, -0.25) is 0 Å². The van der Waals surface area contributed by atoms with Crippen LogP contribution in [0.5, 0.6) is 0 Å². The van der Waals surface area contributed by atoms with Crippen LogP contribution in [0.25, 0.3) is 6.08 Å². The van der Waals surface area contributed by atoms with Gasteiger partial charge in [0.05, 0.1) is 0 Å². The van der Waals surface area contributed by atoms with E-state index < -0.39 is 0 Å². The van der Waals surface area contributed by atoms with Crippen molar-refractivity contribution in [2.45, 2.75) is 25.8 Å². The minimum Gasteiger partial charge on any atom is -0.310 e. The molecule has 0 bridgehead atoms. The third-order valence-electron chi connectivity index (χ3n) is 3.17. The Balaban J connectivity index is 2.04. The van der Waals surface area contributed by atoms with Crippen molar-refractivity contribution in [1.82, 2.24) is 5.32 Å². The molecule has 1 saturated heterocycles. The van der Waals surface area contributed by atoms with Gasteiger partial charge in [-0.15, -0.1) is 0 Å². The molecule has 1 aliphatic heterocycles. The van der Waals surface area contributed by atoms with Crippen molar-refractivity contribution >= 4 is 22.0 Å². The summed E-state index contributed by atoms with van der Waals surface area (Å²) in [5.41, 5.74) is 1.02. The monoisotopic (exact) mass is 297 g/mol. The smallest absolute Gasteiger partial charge is 0.124 e. The molecule has 1 N–H and O–H groups in total. The Bertz CT molecular complexity index is 417. The van der Waals surface area contributed by atoms with Crippen LogP contribution < -0.4 is 5.32 Å². The van der Waals surface area contributed by atoms with E-state index in [0.29, 0.717) is 6.04 Å². The van der Waals surface area contributed by atoms with E-state index in [1.54, 1.807) is 6.07 Å². The summed E-state index contributed by atoms with van der Waals surface area (Å²) >= 11 is 3.37. The van der Waals surface area contributed by atoms with Crippen molar-refractivity contribution in [3.63, 3.8) is 0 Å². The van der Waals surface area contributed by atoms with Crippen molar-refractivity contribution in [2.24, 2.45) is 5.92 Å². The van der Waals surface area contributed by atoms with Gasteiger partial charge in [0, 0.05) is 10.5 Å². The maximum Gasteiger partial charge on any atom is 0.124 e. The van der Waals surface area contributed by atoms with Crippen LogP contribution in [0.3, 0.4) is 0 Å². The van der Waals surface area contributed by atoms with E-state index in [9.17, 15) is 4.39 Å². The van der Waals surface area contributed by atoms with Crippen LogP contribution in [0.1, 0.15) is 25.3 Å². The summed E-state index contributed by atoms with van der Waals surface area (Å²) in [6.07, 6.45) is 6.66. The van der Waals surface area contributed by atoms with Gasteiger partial charge in [0.25, 0.3) is 0 Å². The molecule has 0 radical (unpaired) electrons. The lowest BCUT2D eigenvalue weighted by Gasteiger charge is -2.25. The highest BCUT2D eigenvalue weighted by molar-refractivity contribution is 9.10. The number of nitrogens with one attached hydrogen (secondary N) is 1. The van der Waals surface area contributed by atoms with Gasteiger partial charge in [-0.25, -0.2) is 4.39 Å². The molecule has 1 nitrogen and oxygen atoms in total. The molecule has 17 heavy (non-hydrogen) atoms. The molecule has 2 unspecified atom stereocenters. The van der Waals surface area contributed by atoms with E-state index in [1.165, 1.54) is 25.0 Å². The minimum absolute atomic E-state index is 0.210. The Morgan fingerprint density at radius 1 is 1.47 bits per heavy atom. The summed E-state index contributed by atoms with van der Waals surface area (Å²) in [4.78, 5) is 0. The largest absolute Gasteiger partial charge is 0.310 e. The van der Waals surface area contributed by atoms with Gasteiger partial charge in [0.2, 0.25) is 0 Å². The van der Waals surface area contributed by atoms with Crippen LogP contribution >= 0.6 is 15.9 Å². The van der Waals surface area contributed by atoms with E-state index in [2.05, 4.69) is 40.3 Å². The number of halogens is 2. The maximum atomic E-state index is 12.9. The number of hydrogen-bond acceptors (Lipinski definition) is 1. The van der Waals surface area contributed by atoms with Gasteiger partial charge in [-0.1, -0.05) is 41.1 Å². The van der Waals surface area contributed by atoms with Crippen LogP contribution in [-0.2, 0) is 0 Å². The standard InChI is InChI=1S/C14H17BrFN/c1-10-6-7-17-13(8-10)5-3-11-2-4-12(16)9-14(11)15/h2-5,9-10,13,17H,6-8H2,1H3/b5-3+. The number of piperidine rings is 1. The van der Waals surface area contributed by atoms with E-state index in [1.807, 2.05) is 0 Å². The maximum absolute atomic E-state index is 12.9. The average Bonchev–Trinajstić information content (AvgIpc) is 2.28. The van der Waals surface area contributed by atoms with Gasteiger partial charge < -0.3 is 5.32 Å². The zero-order valence-electron chi connectivity index (χ0n) is 9.92. The Labute approximate surface area is 110 Å². The first-order valence-corrected chi connectivity index (χ1v) is 6.81. The fourth-order valence-electron chi connectivity index (χ4n) is 2.15. The van der Waals surface area contributed by atoms with Gasteiger partial charge in [-0.05, 0) is 43.0 Å². The molecule has 1 aromatic carbocycles. The van der Waals surface area contributed by atoms with Crippen LogP contribution in [0.15, 0.2) is 28.7 Å². The van der Waals surface area contributed by atoms with Crippen molar-refractivity contribution in [2.75, 3.05) is 6.54 Å². The Morgan fingerprint density at radius 2 is 2.29 bits per heavy atom. The molecule has 1 heterocycles. The third-order valence-corrected chi connectivity index (χ3v) is 3.86. The predicted molar refractivity (Wildman–Crippen MR) is 73.3 cm³/mol. The zero-order valence-corrected chi connectivity index (χ0v) is 11.5. The molecule has 1 aliphatic rings. The lowest BCUT2D eigenvalue weighted by Crippen LogP contribution is -2.35. The SMILES string of the molecule is CC1CCNC(/C=C/c2ccc(F)cc2Br)C1. The molecular formula is C14H17BrFN. The van der Waals surface area contributed by atoms with E-state index in [-0.39, 0.29) is 5.82 Å². The van der Waals surface area contributed by atoms with Crippen molar-refractivity contribution in [3.05, 3.63) is 40.1 Å². The highest BCUT2D eigenvalue weighted by atomic mass is 79.9. The molecule has 2 rings (SSSR count). The molecule has 1 aromatic rings. The normalized spacial score (nSPS) is 25.4. The first-order valence-electron chi connectivity index (χ1n) is 6.02. The highest BCUT2D eigenvalue weighted by Gasteiger charge is 2.15. The number of rotatable bonds is 2. The molecule has 3 heteroatoms. The molecule has 0 spiro atoms. The van der Waals surface area contributed by atoms with Crippen molar-refractivity contribution in [1.29, 1.82) is 0 Å². The van der Waals surface area contributed by atoms with Crippen LogP contribution in [0, 0.1) is 11.7 Å². The predicted octanol–water partition coefficient (Wildman–Crippen LogP) is 3.99. The first kappa shape index (κ1) is 12.8. The fraction of sp³-hybridized carbons (Fsp3) is 0.429. The van der Waals surface area contributed by atoms with Gasteiger partial charge in [-0.2, -0.15) is 0 Å². The summed E-state index contributed by atoms with van der Waals surface area (Å²) in [6.45, 7) is 3.37. The second-order valence-electron chi connectivity index (χ2n) is 4.72. The molecule has 0 amide bonds. The molecule has 0 saturated carbocycles. The zero-order chi connectivity index (χ0) is 12.3. The Hall–Kier alpha value is -0.670. The Morgan fingerprint density at radius 3 is 3.00 bits per heavy atom. The van der Waals surface area contributed by atoms with E-state index in [0.717, 1.165) is 22.5 Å². The summed E-state index contributed by atoms with van der Waals surface area (Å²) in [7, 11) is 0. The molecule has 0 aromatic heterocycles. The van der Waals surface area contributed by atoms with Crippen LogP contribution in [0.2, 0.25) is 0 Å². The lowest BCUT2D eigenvalue weighted by atomic mass is 9.94. The first-order chi connectivity index (χ1) is 8.15. The van der Waals surface area contributed by atoms with E-state index in [4.69, 9.17) is 0 Å². The van der Waals surface area contributed by atoms with Crippen molar-refractivity contribution < 1.29 is 4.39 Å². The quantitative estimate of drug-likeness (QED) is 0.870. The van der Waals surface area contributed by atoms with Gasteiger partial charge >= 0.3 is 0 Å². The van der Waals surface area contributed by atoms with Crippen LogP contribution in [-0.4, -0.2) is 12.6 Å². The second-order valence-corrected chi connectivity index (χ2v) is 5.57. The molecule has 1 fully saturated rings. The minimum atomic E-state index is -0.210. The topological polar surface area (TPSA) is 12.0 Å². The molecular weight excluding hydrogens is 281 g/mol. The Kier molecular flexibility index (Phi) is 4.35. The molecule has 2 atom stereocenters. The number of hydrogen-bond donors (Lipinski definition) is 1. The summed E-state index contributed by atoms with van der Waals surface area (Å²) < 4.78 is 13.7. The number of benzene rings is 1. The molecule has 92 valence electrons. The molecule has 0 aliphatic carbocycles. The summed E-state index contributed by atoms with van der Waals surface area (Å²) in [6, 6.07) is 5.22. The van der Waals surface area contributed by atoms with E-state index >= 15 is 0 Å². The summed E-state index contributed by atoms with van der Waals surface area (Å²) in [5, 5.41) is 3.47.